The molecular formula is C13H17BrN2O. The Labute approximate surface area is 110 Å². The Bertz CT molecular complexity index is 402. The first-order valence-electron chi connectivity index (χ1n) is 5.87. The van der Waals surface area contributed by atoms with Gasteiger partial charge in [-0.25, -0.2) is 0 Å². The maximum Gasteiger partial charge on any atom is 0.227 e. The van der Waals surface area contributed by atoms with Gasteiger partial charge < -0.3 is 10.2 Å². The van der Waals surface area contributed by atoms with E-state index in [2.05, 4.69) is 21.2 Å². The fourth-order valence-corrected chi connectivity index (χ4v) is 2.55. The van der Waals surface area contributed by atoms with Gasteiger partial charge in [-0.05, 0) is 24.6 Å². The van der Waals surface area contributed by atoms with Crippen LogP contribution in [0.25, 0.3) is 0 Å². The lowest BCUT2D eigenvalue weighted by Gasteiger charge is -2.21. The van der Waals surface area contributed by atoms with Crippen LogP contribution in [-0.4, -0.2) is 30.9 Å². The lowest BCUT2D eigenvalue weighted by molar-refractivity contribution is -0.134. The molecule has 4 heteroatoms. The van der Waals surface area contributed by atoms with Gasteiger partial charge in [0, 0.05) is 24.6 Å². The van der Waals surface area contributed by atoms with E-state index in [-0.39, 0.29) is 11.8 Å². The number of carbonyl (C=O) groups is 1. The smallest absolute Gasteiger partial charge is 0.227 e. The average Bonchev–Trinajstić information content (AvgIpc) is 2.84. The topological polar surface area (TPSA) is 32.3 Å². The molecule has 1 atom stereocenters. The monoisotopic (exact) mass is 296 g/mol. The molecule has 2 rings (SSSR count). The molecule has 3 nitrogen and oxygen atoms in total. The van der Waals surface area contributed by atoms with Crippen LogP contribution in [-0.2, 0) is 11.3 Å². The van der Waals surface area contributed by atoms with E-state index in [1.165, 1.54) is 0 Å². The van der Waals surface area contributed by atoms with Crippen molar-refractivity contribution in [1.82, 2.24) is 10.2 Å². The van der Waals surface area contributed by atoms with E-state index < -0.39 is 0 Å². The third kappa shape index (κ3) is 3.07. The average molecular weight is 297 g/mol. The lowest BCUT2D eigenvalue weighted by atomic mass is 10.1. The summed E-state index contributed by atoms with van der Waals surface area (Å²) in [5.41, 5.74) is 1.15. The van der Waals surface area contributed by atoms with Gasteiger partial charge in [-0.15, -0.1) is 0 Å². The molecule has 17 heavy (non-hydrogen) atoms. The van der Waals surface area contributed by atoms with E-state index in [1.54, 1.807) is 0 Å². The highest BCUT2D eigenvalue weighted by molar-refractivity contribution is 9.10. The first-order chi connectivity index (χ1) is 8.18. The van der Waals surface area contributed by atoms with Crippen molar-refractivity contribution in [3.05, 3.63) is 34.3 Å². The fraction of sp³-hybridized carbons (Fsp3) is 0.462. The molecule has 0 aliphatic carbocycles. The number of hydrogen-bond donors (Lipinski definition) is 1. The Morgan fingerprint density at radius 1 is 1.53 bits per heavy atom. The second-order valence-corrected chi connectivity index (χ2v) is 5.33. The molecule has 1 aromatic carbocycles. The van der Waals surface area contributed by atoms with E-state index in [1.807, 2.05) is 36.2 Å². The van der Waals surface area contributed by atoms with E-state index >= 15 is 0 Å². The van der Waals surface area contributed by atoms with Crippen LogP contribution in [0.15, 0.2) is 28.7 Å². The molecule has 1 fully saturated rings. The highest BCUT2D eigenvalue weighted by Crippen LogP contribution is 2.19. The minimum Gasteiger partial charge on any atom is -0.341 e. The van der Waals surface area contributed by atoms with Crippen LogP contribution in [0.1, 0.15) is 12.0 Å². The highest BCUT2D eigenvalue weighted by atomic mass is 79.9. The summed E-state index contributed by atoms with van der Waals surface area (Å²) in [6.07, 6.45) is 0.957. The van der Waals surface area contributed by atoms with Crippen LogP contribution in [0.3, 0.4) is 0 Å². The predicted octanol–water partition coefficient (Wildman–Crippen LogP) is 2.02. The van der Waals surface area contributed by atoms with Crippen LogP contribution in [0.4, 0.5) is 0 Å². The van der Waals surface area contributed by atoms with Gasteiger partial charge in [0.2, 0.25) is 5.91 Å². The second kappa shape index (κ2) is 5.65. The number of carbonyl (C=O) groups excluding carboxylic acids is 1. The summed E-state index contributed by atoms with van der Waals surface area (Å²) >= 11 is 3.51. The Morgan fingerprint density at radius 2 is 2.29 bits per heavy atom. The second-order valence-electron chi connectivity index (χ2n) is 4.48. The third-order valence-corrected chi connectivity index (χ3v) is 3.92. The number of rotatable bonds is 3. The number of amides is 1. The molecule has 0 radical (unpaired) electrons. The Kier molecular flexibility index (Phi) is 4.18. The molecule has 1 heterocycles. The lowest BCUT2D eigenvalue weighted by Crippen LogP contribution is -2.33. The van der Waals surface area contributed by atoms with Crippen LogP contribution in [0.5, 0.6) is 0 Å². The highest BCUT2D eigenvalue weighted by Gasteiger charge is 2.25. The van der Waals surface area contributed by atoms with Crippen molar-refractivity contribution in [2.24, 2.45) is 5.92 Å². The van der Waals surface area contributed by atoms with Crippen molar-refractivity contribution in [3.63, 3.8) is 0 Å². The van der Waals surface area contributed by atoms with Gasteiger partial charge in [0.15, 0.2) is 0 Å². The van der Waals surface area contributed by atoms with E-state index in [0.29, 0.717) is 6.54 Å². The predicted molar refractivity (Wildman–Crippen MR) is 71.6 cm³/mol. The normalized spacial score (nSPS) is 19.3. The van der Waals surface area contributed by atoms with Crippen molar-refractivity contribution in [2.75, 3.05) is 20.1 Å². The molecule has 0 saturated carbocycles. The maximum atomic E-state index is 12.1. The number of nitrogens with zero attached hydrogens (tertiary/aromatic N) is 1. The minimum atomic E-state index is 0.155. The van der Waals surface area contributed by atoms with Gasteiger partial charge in [-0.2, -0.15) is 0 Å². The van der Waals surface area contributed by atoms with Crippen LogP contribution < -0.4 is 5.32 Å². The summed E-state index contributed by atoms with van der Waals surface area (Å²) in [7, 11) is 1.88. The van der Waals surface area contributed by atoms with Gasteiger partial charge >= 0.3 is 0 Å². The molecular weight excluding hydrogens is 280 g/mol. The summed E-state index contributed by atoms with van der Waals surface area (Å²) in [5, 5.41) is 3.23. The Balaban J connectivity index is 1.99. The number of nitrogens with one attached hydrogen (secondary N) is 1. The zero-order chi connectivity index (χ0) is 12.3. The molecule has 1 saturated heterocycles. The molecule has 0 unspecified atom stereocenters. The van der Waals surface area contributed by atoms with Crippen molar-refractivity contribution in [3.8, 4) is 0 Å². The molecule has 1 aliphatic heterocycles. The molecule has 0 bridgehead atoms. The van der Waals surface area contributed by atoms with Gasteiger partial charge in [-0.3, -0.25) is 4.79 Å². The quantitative estimate of drug-likeness (QED) is 0.925. The van der Waals surface area contributed by atoms with Gasteiger partial charge in [0.25, 0.3) is 0 Å². The minimum absolute atomic E-state index is 0.155. The zero-order valence-corrected chi connectivity index (χ0v) is 11.5. The molecule has 1 aliphatic rings. The molecule has 1 aromatic rings. The fourth-order valence-electron chi connectivity index (χ4n) is 2.14. The van der Waals surface area contributed by atoms with Crippen LogP contribution >= 0.6 is 15.9 Å². The van der Waals surface area contributed by atoms with Gasteiger partial charge in [0.1, 0.15) is 0 Å². The standard InChI is InChI=1S/C13H17BrN2O/c1-16(13(17)10-6-7-15-8-10)9-11-4-2-3-5-12(11)14/h2-5,10,15H,6-9H2,1H3/t10-/m0/s1. The molecule has 1 amide bonds. The van der Waals surface area contributed by atoms with Crippen LogP contribution in [0, 0.1) is 5.92 Å². The van der Waals surface area contributed by atoms with Crippen molar-refractivity contribution in [1.29, 1.82) is 0 Å². The molecule has 0 aromatic heterocycles. The Morgan fingerprint density at radius 3 is 2.94 bits per heavy atom. The molecule has 0 spiro atoms. The van der Waals surface area contributed by atoms with Crippen molar-refractivity contribution in [2.45, 2.75) is 13.0 Å². The first-order valence-corrected chi connectivity index (χ1v) is 6.67. The largest absolute Gasteiger partial charge is 0.341 e. The van der Waals surface area contributed by atoms with Crippen molar-refractivity contribution < 1.29 is 4.79 Å². The van der Waals surface area contributed by atoms with E-state index in [9.17, 15) is 4.79 Å². The summed E-state index contributed by atoms with van der Waals surface area (Å²) in [6, 6.07) is 8.03. The van der Waals surface area contributed by atoms with Crippen molar-refractivity contribution >= 4 is 21.8 Å². The third-order valence-electron chi connectivity index (χ3n) is 3.15. The summed E-state index contributed by atoms with van der Waals surface area (Å²) in [5.74, 6) is 0.397. The Hall–Kier alpha value is -0.870. The maximum absolute atomic E-state index is 12.1. The van der Waals surface area contributed by atoms with E-state index in [4.69, 9.17) is 0 Å². The number of benzene rings is 1. The van der Waals surface area contributed by atoms with Gasteiger partial charge in [-0.1, -0.05) is 34.1 Å². The molecule has 1 N–H and O–H groups in total. The zero-order valence-electron chi connectivity index (χ0n) is 9.95. The first kappa shape index (κ1) is 12.6. The van der Waals surface area contributed by atoms with Crippen LogP contribution in [0.2, 0.25) is 0 Å². The number of halogens is 1. The number of hydrogen-bond acceptors (Lipinski definition) is 2. The summed E-state index contributed by atoms with van der Waals surface area (Å²) in [6.45, 7) is 2.44. The molecule has 92 valence electrons. The summed E-state index contributed by atoms with van der Waals surface area (Å²) in [4.78, 5) is 13.9. The SMILES string of the molecule is CN(Cc1ccccc1Br)C(=O)[C@H]1CCNC1. The summed E-state index contributed by atoms with van der Waals surface area (Å²) < 4.78 is 1.06. The van der Waals surface area contributed by atoms with E-state index in [0.717, 1.165) is 29.5 Å². The van der Waals surface area contributed by atoms with Gasteiger partial charge in [0.05, 0.1) is 5.92 Å².